The lowest BCUT2D eigenvalue weighted by molar-refractivity contribution is -0.137. The molecule has 0 radical (unpaired) electrons. The van der Waals surface area contributed by atoms with E-state index in [1.807, 2.05) is 25.3 Å². The number of carbonyl (C=O) groups excluding carboxylic acids is 1. The summed E-state index contributed by atoms with van der Waals surface area (Å²) in [5.41, 5.74) is 1.51. The molecule has 0 saturated carbocycles. The fourth-order valence-corrected chi connectivity index (χ4v) is 2.05. The highest BCUT2D eigenvalue weighted by Gasteiger charge is 2.23. The number of nitrogens with zero attached hydrogens (tertiary/aromatic N) is 2. The van der Waals surface area contributed by atoms with E-state index in [4.69, 9.17) is 5.11 Å². The minimum Gasteiger partial charge on any atom is -0.481 e. The van der Waals surface area contributed by atoms with E-state index >= 15 is 0 Å². The van der Waals surface area contributed by atoms with Crippen LogP contribution in [-0.2, 0) is 4.79 Å². The monoisotopic (exact) mass is 289 g/mol. The van der Waals surface area contributed by atoms with Crippen LogP contribution in [0.3, 0.4) is 0 Å². The summed E-state index contributed by atoms with van der Waals surface area (Å²) in [5.74, 6) is -1.17. The van der Waals surface area contributed by atoms with Crippen LogP contribution < -0.4 is 5.32 Å². The molecule has 0 fully saturated rings. The molecule has 6 heteroatoms. The zero-order valence-corrected chi connectivity index (χ0v) is 12.4. The lowest BCUT2D eigenvalue weighted by Crippen LogP contribution is -2.43. The van der Waals surface area contributed by atoms with Gasteiger partial charge in [-0.05, 0) is 44.9 Å². The standard InChI is InChI=1S/C15H19N3O3/c1-10-5-7-18-9-11(16-12(18)8-10)14(21)17-15(2,3)6-4-13(19)20/h5,7-9H,4,6H2,1-3H3,(H,17,21)(H,19,20). The molecule has 2 rings (SSSR count). The average molecular weight is 289 g/mol. The van der Waals surface area contributed by atoms with Crippen molar-refractivity contribution in [1.29, 1.82) is 0 Å². The molecule has 0 atom stereocenters. The van der Waals surface area contributed by atoms with Crippen molar-refractivity contribution in [2.24, 2.45) is 0 Å². The van der Waals surface area contributed by atoms with Crippen LogP contribution in [0.5, 0.6) is 0 Å². The van der Waals surface area contributed by atoms with Crippen LogP contribution in [0.4, 0.5) is 0 Å². The van der Waals surface area contributed by atoms with Crippen LogP contribution in [0.25, 0.3) is 5.65 Å². The number of aliphatic carboxylic acids is 1. The zero-order valence-electron chi connectivity index (χ0n) is 12.4. The number of fused-ring (bicyclic) bond motifs is 1. The predicted octanol–water partition coefficient (Wildman–Crippen LogP) is 2.02. The van der Waals surface area contributed by atoms with Gasteiger partial charge in [-0.1, -0.05) is 0 Å². The second-order valence-corrected chi connectivity index (χ2v) is 5.83. The second-order valence-electron chi connectivity index (χ2n) is 5.83. The fourth-order valence-electron chi connectivity index (χ4n) is 2.05. The van der Waals surface area contributed by atoms with Crippen molar-refractivity contribution in [1.82, 2.24) is 14.7 Å². The number of imidazole rings is 1. The van der Waals surface area contributed by atoms with Crippen molar-refractivity contribution in [3.05, 3.63) is 35.8 Å². The van der Waals surface area contributed by atoms with Gasteiger partial charge in [0, 0.05) is 24.4 Å². The van der Waals surface area contributed by atoms with Gasteiger partial charge in [0.1, 0.15) is 11.3 Å². The Balaban J connectivity index is 2.12. The summed E-state index contributed by atoms with van der Waals surface area (Å²) in [4.78, 5) is 27.1. The van der Waals surface area contributed by atoms with Crippen molar-refractivity contribution in [2.75, 3.05) is 0 Å². The largest absolute Gasteiger partial charge is 0.481 e. The van der Waals surface area contributed by atoms with E-state index in [2.05, 4.69) is 10.3 Å². The Morgan fingerprint density at radius 2 is 2.14 bits per heavy atom. The third kappa shape index (κ3) is 3.81. The quantitative estimate of drug-likeness (QED) is 0.882. The van der Waals surface area contributed by atoms with Crippen LogP contribution >= 0.6 is 0 Å². The molecule has 0 aliphatic heterocycles. The maximum absolute atomic E-state index is 12.2. The van der Waals surface area contributed by atoms with E-state index in [1.54, 1.807) is 24.4 Å². The molecule has 0 bridgehead atoms. The van der Waals surface area contributed by atoms with Crippen molar-refractivity contribution in [3.63, 3.8) is 0 Å². The van der Waals surface area contributed by atoms with Gasteiger partial charge in [0.05, 0.1) is 0 Å². The fraction of sp³-hybridized carbons (Fsp3) is 0.400. The lowest BCUT2D eigenvalue weighted by Gasteiger charge is -2.25. The van der Waals surface area contributed by atoms with Crippen LogP contribution in [0, 0.1) is 6.92 Å². The maximum Gasteiger partial charge on any atom is 0.303 e. The Labute approximate surface area is 122 Å². The number of carboxylic acids is 1. The second kappa shape index (κ2) is 5.55. The minimum absolute atomic E-state index is 0.0115. The molecule has 0 aromatic carbocycles. The summed E-state index contributed by atoms with van der Waals surface area (Å²) in [7, 11) is 0. The number of aryl methyl sites for hydroxylation is 1. The van der Waals surface area contributed by atoms with Gasteiger partial charge in [-0.25, -0.2) is 4.98 Å². The van der Waals surface area contributed by atoms with Gasteiger partial charge in [-0.15, -0.1) is 0 Å². The van der Waals surface area contributed by atoms with Gasteiger partial charge in [0.25, 0.3) is 5.91 Å². The van der Waals surface area contributed by atoms with E-state index < -0.39 is 11.5 Å². The molecule has 21 heavy (non-hydrogen) atoms. The molecule has 0 aliphatic carbocycles. The average Bonchev–Trinajstić information content (AvgIpc) is 2.79. The minimum atomic E-state index is -0.875. The maximum atomic E-state index is 12.2. The van der Waals surface area contributed by atoms with Crippen molar-refractivity contribution >= 4 is 17.5 Å². The first-order valence-electron chi connectivity index (χ1n) is 6.76. The highest BCUT2D eigenvalue weighted by molar-refractivity contribution is 5.93. The Morgan fingerprint density at radius 3 is 2.81 bits per heavy atom. The summed E-state index contributed by atoms with van der Waals surface area (Å²) >= 11 is 0. The van der Waals surface area contributed by atoms with E-state index in [1.165, 1.54) is 0 Å². The zero-order chi connectivity index (χ0) is 15.6. The number of carboxylic acid groups (broad SMARTS) is 1. The Bertz CT molecular complexity index is 689. The van der Waals surface area contributed by atoms with Crippen molar-refractivity contribution < 1.29 is 14.7 Å². The normalized spacial score (nSPS) is 11.6. The van der Waals surface area contributed by atoms with Gasteiger partial charge in [0.15, 0.2) is 0 Å². The summed E-state index contributed by atoms with van der Waals surface area (Å²) in [6.45, 7) is 5.56. The third-order valence-corrected chi connectivity index (χ3v) is 3.26. The predicted molar refractivity (Wildman–Crippen MR) is 78.3 cm³/mol. The molecule has 2 N–H and O–H groups in total. The number of carbonyl (C=O) groups is 2. The highest BCUT2D eigenvalue weighted by atomic mass is 16.4. The molecule has 0 unspecified atom stereocenters. The molecule has 1 amide bonds. The van der Waals surface area contributed by atoms with E-state index in [9.17, 15) is 9.59 Å². The molecular formula is C15H19N3O3. The molecular weight excluding hydrogens is 270 g/mol. The number of rotatable bonds is 5. The van der Waals surface area contributed by atoms with E-state index in [0.717, 1.165) is 5.56 Å². The van der Waals surface area contributed by atoms with Gasteiger partial charge < -0.3 is 14.8 Å². The van der Waals surface area contributed by atoms with Crippen molar-refractivity contribution in [3.8, 4) is 0 Å². The van der Waals surface area contributed by atoms with E-state index in [0.29, 0.717) is 17.8 Å². The Kier molecular flexibility index (Phi) is 3.97. The van der Waals surface area contributed by atoms with Gasteiger partial charge in [0.2, 0.25) is 0 Å². The topological polar surface area (TPSA) is 83.7 Å². The summed E-state index contributed by atoms with van der Waals surface area (Å²) < 4.78 is 1.78. The lowest BCUT2D eigenvalue weighted by atomic mass is 9.98. The van der Waals surface area contributed by atoms with Gasteiger partial charge in [-0.2, -0.15) is 0 Å². The van der Waals surface area contributed by atoms with E-state index in [-0.39, 0.29) is 12.3 Å². The van der Waals surface area contributed by atoms with Crippen molar-refractivity contribution in [2.45, 2.75) is 39.2 Å². The number of hydrogen-bond donors (Lipinski definition) is 2. The van der Waals surface area contributed by atoms with Gasteiger partial charge >= 0.3 is 5.97 Å². The number of aromatic nitrogens is 2. The molecule has 6 nitrogen and oxygen atoms in total. The van der Waals surface area contributed by atoms with Crippen LogP contribution in [-0.4, -0.2) is 31.9 Å². The van der Waals surface area contributed by atoms with Crippen LogP contribution in [0.2, 0.25) is 0 Å². The Hall–Kier alpha value is -2.37. The molecule has 0 aliphatic rings. The third-order valence-electron chi connectivity index (χ3n) is 3.26. The molecule has 0 spiro atoms. The molecule has 2 aromatic rings. The molecule has 2 aromatic heterocycles. The molecule has 0 saturated heterocycles. The first-order valence-corrected chi connectivity index (χ1v) is 6.76. The summed E-state index contributed by atoms with van der Waals surface area (Å²) in [5, 5.41) is 11.5. The SMILES string of the molecule is Cc1ccn2cc(C(=O)NC(C)(C)CCC(=O)O)nc2c1. The number of amides is 1. The number of nitrogens with one attached hydrogen (secondary N) is 1. The number of pyridine rings is 1. The summed E-state index contributed by atoms with van der Waals surface area (Å²) in [6, 6.07) is 3.83. The first kappa shape index (κ1) is 15.0. The smallest absolute Gasteiger partial charge is 0.303 e. The highest BCUT2D eigenvalue weighted by Crippen LogP contribution is 2.13. The van der Waals surface area contributed by atoms with Crippen LogP contribution in [0.15, 0.2) is 24.5 Å². The molecule has 2 heterocycles. The van der Waals surface area contributed by atoms with Gasteiger partial charge in [-0.3, -0.25) is 9.59 Å². The first-order chi connectivity index (χ1) is 9.77. The number of hydrogen-bond acceptors (Lipinski definition) is 3. The van der Waals surface area contributed by atoms with Crippen LogP contribution in [0.1, 0.15) is 42.7 Å². The Morgan fingerprint density at radius 1 is 1.43 bits per heavy atom. The molecule has 112 valence electrons. The summed E-state index contributed by atoms with van der Waals surface area (Å²) in [6.07, 6.45) is 3.89.